The normalized spacial score (nSPS) is 12.9. The number of halogens is 1. The van der Waals surface area contributed by atoms with E-state index in [0.29, 0.717) is 23.9 Å². The van der Waals surface area contributed by atoms with E-state index in [2.05, 4.69) is 5.32 Å². The van der Waals surface area contributed by atoms with E-state index in [9.17, 15) is 18.3 Å². The minimum atomic E-state index is -3.78. The summed E-state index contributed by atoms with van der Waals surface area (Å²) in [5, 5.41) is 23.0. The molecule has 0 saturated carbocycles. The number of carboxylic acid groups (broad SMARTS) is 1. The van der Waals surface area contributed by atoms with Crippen molar-refractivity contribution in [2.75, 3.05) is 13.2 Å². The molecular formula is C24H25ClNNaO6S. The van der Waals surface area contributed by atoms with Crippen LogP contribution in [0, 0.1) is 0 Å². The van der Waals surface area contributed by atoms with Gasteiger partial charge >= 0.3 is 35.5 Å². The van der Waals surface area contributed by atoms with Crippen LogP contribution < -0.4 is 39.6 Å². The summed E-state index contributed by atoms with van der Waals surface area (Å²) in [7, 11) is -3.78. The number of carboxylic acids is 1. The smallest absolute Gasteiger partial charge is 1.00 e. The predicted molar refractivity (Wildman–Crippen MR) is 126 cm³/mol. The molecule has 0 aliphatic carbocycles. The van der Waals surface area contributed by atoms with Gasteiger partial charge in [0, 0.05) is 17.6 Å². The van der Waals surface area contributed by atoms with Gasteiger partial charge in [-0.2, -0.15) is 0 Å². The zero-order valence-electron chi connectivity index (χ0n) is 19.8. The number of aromatic carboxylic acids is 1. The maximum Gasteiger partial charge on any atom is 1.00 e. The van der Waals surface area contributed by atoms with Gasteiger partial charge < -0.3 is 21.7 Å². The molecule has 0 radical (unpaired) electrons. The van der Waals surface area contributed by atoms with E-state index in [1.165, 1.54) is 36.4 Å². The molecule has 7 nitrogen and oxygen atoms in total. The van der Waals surface area contributed by atoms with Gasteiger partial charge in [0.05, 0.1) is 21.5 Å². The first-order chi connectivity index (χ1) is 15.7. The molecule has 2 atom stereocenters. The Labute approximate surface area is 227 Å². The van der Waals surface area contributed by atoms with Crippen molar-refractivity contribution >= 4 is 27.4 Å². The number of hydrogen-bond donors (Lipinski definition) is 3. The Kier molecular flexibility index (Phi) is 10.6. The van der Waals surface area contributed by atoms with E-state index >= 15 is 0 Å². The van der Waals surface area contributed by atoms with Crippen LogP contribution in [-0.2, 0) is 9.84 Å². The number of sulfone groups is 1. The zero-order valence-corrected chi connectivity index (χ0v) is 22.4. The number of benzene rings is 3. The largest absolute Gasteiger partial charge is 1.00 e. The van der Waals surface area contributed by atoms with Gasteiger partial charge in [-0.25, -0.2) is 13.2 Å². The van der Waals surface area contributed by atoms with Gasteiger partial charge in [0.25, 0.3) is 0 Å². The molecule has 34 heavy (non-hydrogen) atoms. The summed E-state index contributed by atoms with van der Waals surface area (Å²) in [5.41, 5.74) is 0.734. The average molecular weight is 514 g/mol. The molecule has 0 saturated heterocycles. The number of nitrogens with one attached hydrogen (secondary N) is 1. The Bertz CT molecular complexity index is 1210. The van der Waals surface area contributed by atoms with Crippen molar-refractivity contribution in [2.45, 2.75) is 28.9 Å². The first-order valence-corrected chi connectivity index (χ1v) is 12.0. The molecule has 10 heteroatoms. The van der Waals surface area contributed by atoms with Crippen molar-refractivity contribution in [1.82, 2.24) is 5.32 Å². The molecule has 3 rings (SSSR count). The Morgan fingerprint density at radius 2 is 1.65 bits per heavy atom. The third-order valence-electron chi connectivity index (χ3n) is 4.94. The first kappa shape index (κ1) is 28.3. The van der Waals surface area contributed by atoms with E-state index in [1.54, 1.807) is 36.4 Å². The molecule has 0 spiro atoms. The molecule has 3 N–H and O–H groups in total. The van der Waals surface area contributed by atoms with E-state index in [-0.39, 0.29) is 52.4 Å². The van der Waals surface area contributed by atoms with Gasteiger partial charge in [-0.1, -0.05) is 23.7 Å². The topological polar surface area (TPSA) is 113 Å². The summed E-state index contributed by atoms with van der Waals surface area (Å²) in [6, 6.07) is 18.0. The Balaban J connectivity index is 0.00000306. The van der Waals surface area contributed by atoms with Crippen molar-refractivity contribution in [1.29, 1.82) is 0 Å². The molecule has 0 aliphatic rings. The fourth-order valence-corrected chi connectivity index (χ4v) is 4.51. The third-order valence-corrected chi connectivity index (χ3v) is 6.96. The molecule has 0 bridgehead atoms. The fraction of sp³-hybridized carbons (Fsp3) is 0.208. The minimum Gasteiger partial charge on any atom is -1.00 e. The fourth-order valence-electron chi connectivity index (χ4n) is 3.05. The van der Waals surface area contributed by atoms with E-state index in [1.807, 2.05) is 6.92 Å². The quantitative estimate of drug-likeness (QED) is 0.348. The zero-order chi connectivity index (χ0) is 24.0. The second-order valence-corrected chi connectivity index (χ2v) is 9.88. The second kappa shape index (κ2) is 12.7. The summed E-state index contributed by atoms with van der Waals surface area (Å²) < 4.78 is 31.2. The summed E-state index contributed by atoms with van der Waals surface area (Å²) in [6.45, 7) is 2.54. The summed E-state index contributed by atoms with van der Waals surface area (Å²) >= 11 is 5.95. The standard InChI is InChI=1S/C24H24ClNO6S.Na.H/c1-16(26-14-23(27)18-3-2-4-19(25)13-18)15-32-20-7-11-22(12-8-20)33(30,31)21-9-5-17(6-10-21)24(28)29;;/h2-13,16,23,26-27H,14-15H2,1H3,(H,28,29);;/q;+1;-1/t16-,23-;;/m1../s1. The van der Waals surface area contributed by atoms with Crippen molar-refractivity contribution in [3.8, 4) is 5.75 Å². The van der Waals surface area contributed by atoms with Crippen LogP contribution in [0.3, 0.4) is 0 Å². The van der Waals surface area contributed by atoms with Gasteiger partial charge in [0.2, 0.25) is 9.84 Å². The summed E-state index contributed by atoms with van der Waals surface area (Å²) in [4.78, 5) is 11.0. The van der Waals surface area contributed by atoms with Gasteiger partial charge in [0.1, 0.15) is 12.4 Å². The number of rotatable bonds is 10. The minimum absolute atomic E-state index is 0. The maximum absolute atomic E-state index is 12.7. The molecule has 3 aromatic carbocycles. The predicted octanol–water partition coefficient (Wildman–Crippen LogP) is 1.08. The van der Waals surface area contributed by atoms with Crippen LogP contribution in [0.15, 0.2) is 82.6 Å². The van der Waals surface area contributed by atoms with Crippen LogP contribution in [0.4, 0.5) is 0 Å². The van der Waals surface area contributed by atoms with Crippen molar-refractivity contribution in [3.63, 3.8) is 0 Å². The van der Waals surface area contributed by atoms with E-state index in [4.69, 9.17) is 21.4 Å². The van der Waals surface area contributed by atoms with Crippen LogP contribution in [0.5, 0.6) is 5.75 Å². The monoisotopic (exact) mass is 513 g/mol. The van der Waals surface area contributed by atoms with Gasteiger partial charge in [-0.3, -0.25) is 0 Å². The molecule has 3 aromatic rings. The molecule has 0 fully saturated rings. The number of carbonyl (C=O) groups is 1. The van der Waals surface area contributed by atoms with Crippen molar-refractivity contribution in [2.24, 2.45) is 0 Å². The molecule has 0 heterocycles. The molecule has 0 amide bonds. The van der Waals surface area contributed by atoms with Crippen LogP contribution in [-0.4, -0.2) is 43.8 Å². The number of hydrogen-bond acceptors (Lipinski definition) is 6. The number of aliphatic hydroxyl groups is 1. The first-order valence-electron chi connectivity index (χ1n) is 10.1. The molecule has 0 unspecified atom stereocenters. The van der Waals surface area contributed by atoms with Crippen LogP contribution in [0.2, 0.25) is 5.02 Å². The maximum atomic E-state index is 12.7. The Hall–Kier alpha value is -1.91. The average Bonchev–Trinajstić information content (AvgIpc) is 2.81. The van der Waals surface area contributed by atoms with Crippen LogP contribution in [0.1, 0.15) is 30.4 Å². The van der Waals surface area contributed by atoms with Crippen LogP contribution >= 0.6 is 11.6 Å². The molecular weight excluding hydrogens is 489 g/mol. The van der Waals surface area contributed by atoms with Gasteiger partial charge in [-0.05, 0) is 73.2 Å². The summed E-state index contributed by atoms with van der Waals surface area (Å²) in [5.74, 6) is -0.623. The van der Waals surface area contributed by atoms with Crippen molar-refractivity contribution < 1.29 is 59.1 Å². The Morgan fingerprint density at radius 1 is 1.06 bits per heavy atom. The second-order valence-electron chi connectivity index (χ2n) is 7.50. The van der Waals surface area contributed by atoms with E-state index < -0.39 is 21.9 Å². The molecule has 176 valence electrons. The van der Waals surface area contributed by atoms with Crippen LogP contribution in [0.25, 0.3) is 0 Å². The third kappa shape index (κ3) is 7.55. The molecule has 0 aliphatic heterocycles. The van der Waals surface area contributed by atoms with Gasteiger partial charge in [0.15, 0.2) is 0 Å². The SMILES string of the molecule is C[C@H](COc1ccc(S(=O)(=O)c2ccc(C(=O)O)cc2)cc1)NC[C@@H](O)c1cccc(Cl)c1.[H-].[Na+]. The van der Waals surface area contributed by atoms with Crippen molar-refractivity contribution in [3.05, 3.63) is 88.9 Å². The van der Waals surface area contributed by atoms with Gasteiger partial charge in [-0.15, -0.1) is 0 Å². The van der Waals surface area contributed by atoms with E-state index in [0.717, 1.165) is 5.56 Å². The number of ether oxygens (including phenoxy) is 1. The molecule has 0 aromatic heterocycles. The number of aliphatic hydroxyl groups excluding tert-OH is 1. The summed E-state index contributed by atoms with van der Waals surface area (Å²) in [6.07, 6.45) is -0.708. The Morgan fingerprint density at radius 3 is 2.21 bits per heavy atom.